The highest BCUT2D eigenvalue weighted by Crippen LogP contribution is 2.52. The Morgan fingerprint density at radius 1 is 1.06 bits per heavy atom. The van der Waals surface area contributed by atoms with Crippen LogP contribution in [0.4, 0.5) is 5.69 Å². The molecular formula is C27H24BrCl2NO2. The van der Waals surface area contributed by atoms with E-state index in [9.17, 15) is 0 Å². The average Bonchev–Trinajstić information content (AvgIpc) is 3.29. The summed E-state index contributed by atoms with van der Waals surface area (Å²) in [5.41, 5.74) is 5.82. The van der Waals surface area contributed by atoms with Crippen molar-refractivity contribution in [2.24, 2.45) is 5.92 Å². The van der Waals surface area contributed by atoms with Gasteiger partial charge in [0.15, 0.2) is 11.5 Å². The number of allylic oxidation sites excluding steroid dienone is 2. The first-order chi connectivity index (χ1) is 15.9. The standard InChI is InChI=1S/C27H24BrCl2NO2/c1-15-10-19(30)13-22-20-4-3-5-21(20)26(31-25(15)22)17-11-23(28)27(24(12-17)32-2)33-14-16-6-8-18(29)9-7-16/h3-4,6-13,20-21,26,31H,5,14H2,1-2H3/t20-,21+,26-/m0/s1. The smallest absolute Gasteiger partial charge is 0.175 e. The zero-order valence-corrected chi connectivity index (χ0v) is 21.5. The first-order valence-electron chi connectivity index (χ1n) is 10.9. The van der Waals surface area contributed by atoms with E-state index in [2.05, 4.69) is 58.5 Å². The lowest BCUT2D eigenvalue weighted by Gasteiger charge is -2.38. The number of nitrogens with one attached hydrogen (secondary N) is 1. The van der Waals surface area contributed by atoms with Crippen molar-refractivity contribution in [3.8, 4) is 11.5 Å². The topological polar surface area (TPSA) is 30.5 Å². The van der Waals surface area contributed by atoms with Crippen molar-refractivity contribution in [3.63, 3.8) is 0 Å². The quantitative estimate of drug-likeness (QED) is 0.327. The summed E-state index contributed by atoms with van der Waals surface area (Å²) in [5, 5.41) is 5.31. The van der Waals surface area contributed by atoms with Gasteiger partial charge in [0, 0.05) is 21.7 Å². The van der Waals surface area contributed by atoms with E-state index in [1.54, 1.807) is 7.11 Å². The Bertz CT molecular complexity index is 1230. The molecule has 1 heterocycles. The van der Waals surface area contributed by atoms with E-state index in [-0.39, 0.29) is 6.04 Å². The van der Waals surface area contributed by atoms with Gasteiger partial charge in [0.05, 0.1) is 17.6 Å². The van der Waals surface area contributed by atoms with Gasteiger partial charge in [-0.1, -0.05) is 47.5 Å². The number of halogens is 3. The van der Waals surface area contributed by atoms with Gasteiger partial charge >= 0.3 is 0 Å². The van der Waals surface area contributed by atoms with Crippen LogP contribution in [0, 0.1) is 12.8 Å². The summed E-state index contributed by atoms with van der Waals surface area (Å²) in [4.78, 5) is 0. The number of hydrogen-bond acceptors (Lipinski definition) is 3. The first kappa shape index (κ1) is 22.6. The molecule has 6 heteroatoms. The lowest BCUT2D eigenvalue weighted by Crippen LogP contribution is -2.29. The van der Waals surface area contributed by atoms with Crippen LogP contribution in [0.5, 0.6) is 11.5 Å². The van der Waals surface area contributed by atoms with E-state index >= 15 is 0 Å². The fourth-order valence-corrected chi connectivity index (χ4v) is 5.95. The minimum Gasteiger partial charge on any atom is -0.493 e. The highest BCUT2D eigenvalue weighted by molar-refractivity contribution is 9.10. The van der Waals surface area contributed by atoms with E-state index in [1.807, 2.05) is 30.3 Å². The zero-order chi connectivity index (χ0) is 23.1. The summed E-state index contributed by atoms with van der Waals surface area (Å²) in [7, 11) is 1.68. The van der Waals surface area contributed by atoms with Crippen molar-refractivity contribution in [2.45, 2.75) is 31.9 Å². The normalized spacial score (nSPS) is 20.7. The molecule has 0 bridgehead atoms. The molecule has 1 N–H and O–H groups in total. The van der Waals surface area contributed by atoms with Gasteiger partial charge < -0.3 is 14.8 Å². The molecule has 33 heavy (non-hydrogen) atoms. The minimum absolute atomic E-state index is 0.146. The van der Waals surface area contributed by atoms with Crippen LogP contribution in [0.15, 0.2) is 65.2 Å². The number of benzene rings is 3. The summed E-state index contributed by atoms with van der Waals surface area (Å²) < 4.78 is 12.8. The second kappa shape index (κ2) is 9.25. The van der Waals surface area contributed by atoms with Gasteiger partial charge in [0.2, 0.25) is 0 Å². The van der Waals surface area contributed by atoms with E-state index in [1.165, 1.54) is 11.3 Å². The lowest BCUT2D eigenvalue weighted by molar-refractivity contribution is 0.282. The molecule has 0 unspecified atom stereocenters. The SMILES string of the molecule is COc1cc([C@@H]2Nc3c(C)cc(Cl)cc3[C@H]3C=CC[C@H]32)cc(Br)c1OCc1ccc(Cl)cc1. The summed E-state index contributed by atoms with van der Waals surface area (Å²) in [6.07, 6.45) is 5.62. The van der Waals surface area contributed by atoms with Gasteiger partial charge in [-0.3, -0.25) is 0 Å². The van der Waals surface area contributed by atoms with Crippen molar-refractivity contribution in [1.82, 2.24) is 0 Å². The molecule has 2 aliphatic rings. The Hall–Kier alpha value is -2.14. The van der Waals surface area contributed by atoms with Crippen LogP contribution in [0.3, 0.4) is 0 Å². The molecular weight excluding hydrogens is 521 g/mol. The Balaban J connectivity index is 1.47. The second-order valence-electron chi connectivity index (χ2n) is 8.61. The third kappa shape index (κ3) is 4.37. The largest absolute Gasteiger partial charge is 0.493 e. The Morgan fingerprint density at radius 3 is 2.61 bits per heavy atom. The molecule has 0 saturated heterocycles. The van der Waals surface area contributed by atoms with Crippen molar-refractivity contribution >= 4 is 44.8 Å². The molecule has 3 aromatic carbocycles. The molecule has 170 valence electrons. The van der Waals surface area contributed by atoms with Gasteiger partial charge in [-0.25, -0.2) is 0 Å². The molecule has 1 aliphatic carbocycles. The Morgan fingerprint density at radius 2 is 1.85 bits per heavy atom. The molecule has 0 radical (unpaired) electrons. The van der Waals surface area contributed by atoms with E-state index < -0.39 is 0 Å². The van der Waals surface area contributed by atoms with Crippen molar-refractivity contribution in [1.29, 1.82) is 0 Å². The monoisotopic (exact) mass is 543 g/mol. The average molecular weight is 545 g/mol. The molecule has 0 spiro atoms. The van der Waals surface area contributed by atoms with E-state index in [4.69, 9.17) is 32.7 Å². The molecule has 0 saturated carbocycles. The van der Waals surface area contributed by atoms with Gasteiger partial charge in [-0.15, -0.1) is 0 Å². The Labute approximate surface area is 212 Å². The third-order valence-electron chi connectivity index (χ3n) is 6.54. The number of hydrogen-bond donors (Lipinski definition) is 1. The summed E-state index contributed by atoms with van der Waals surface area (Å²) >= 11 is 16.1. The van der Waals surface area contributed by atoms with Crippen LogP contribution >= 0.6 is 39.1 Å². The lowest BCUT2D eigenvalue weighted by atomic mass is 9.76. The van der Waals surface area contributed by atoms with Crippen LogP contribution in [-0.4, -0.2) is 7.11 Å². The van der Waals surface area contributed by atoms with Crippen molar-refractivity contribution in [3.05, 3.63) is 97.5 Å². The maximum atomic E-state index is 6.39. The molecule has 1 aliphatic heterocycles. The predicted octanol–water partition coefficient (Wildman–Crippen LogP) is 8.48. The summed E-state index contributed by atoms with van der Waals surface area (Å²) in [6, 6.07) is 16.2. The van der Waals surface area contributed by atoms with E-state index in [0.717, 1.165) is 32.6 Å². The van der Waals surface area contributed by atoms with Crippen LogP contribution in [0.25, 0.3) is 0 Å². The second-order valence-corrected chi connectivity index (χ2v) is 10.3. The maximum Gasteiger partial charge on any atom is 0.175 e. The molecule has 3 nitrogen and oxygen atoms in total. The number of anilines is 1. The number of rotatable bonds is 5. The summed E-state index contributed by atoms with van der Waals surface area (Å²) in [5.74, 6) is 2.15. The number of aryl methyl sites for hydroxylation is 1. The highest BCUT2D eigenvalue weighted by Gasteiger charge is 2.39. The minimum atomic E-state index is 0.146. The predicted molar refractivity (Wildman–Crippen MR) is 139 cm³/mol. The molecule has 0 aromatic heterocycles. The Kier molecular flexibility index (Phi) is 6.34. The first-order valence-corrected chi connectivity index (χ1v) is 12.5. The number of fused-ring (bicyclic) bond motifs is 3. The molecule has 3 aromatic rings. The fourth-order valence-electron chi connectivity index (χ4n) is 4.97. The van der Waals surface area contributed by atoms with Gasteiger partial charge in [0.1, 0.15) is 6.61 Å². The van der Waals surface area contributed by atoms with Crippen LogP contribution < -0.4 is 14.8 Å². The maximum absolute atomic E-state index is 6.39. The molecule has 0 amide bonds. The van der Waals surface area contributed by atoms with Gasteiger partial charge in [-0.2, -0.15) is 0 Å². The zero-order valence-electron chi connectivity index (χ0n) is 18.4. The van der Waals surface area contributed by atoms with E-state index in [0.29, 0.717) is 35.0 Å². The van der Waals surface area contributed by atoms with Crippen LogP contribution in [-0.2, 0) is 6.61 Å². The number of methoxy groups -OCH3 is 1. The fraction of sp³-hybridized carbons (Fsp3) is 0.259. The van der Waals surface area contributed by atoms with Gasteiger partial charge in [0.25, 0.3) is 0 Å². The number of ether oxygens (including phenoxy) is 2. The summed E-state index contributed by atoms with van der Waals surface area (Å²) in [6.45, 7) is 2.53. The van der Waals surface area contributed by atoms with Crippen LogP contribution in [0.2, 0.25) is 10.0 Å². The van der Waals surface area contributed by atoms with Gasteiger partial charge in [-0.05, 0) is 93.8 Å². The molecule has 3 atom stereocenters. The van der Waals surface area contributed by atoms with Crippen molar-refractivity contribution < 1.29 is 9.47 Å². The molecule has 5 rings (SSSR count). The highest BCUT2D eigenvalue weighted by atomic mass is 79.9. The third-order valence-corrected chi connectivity index (χ3v) is 7.60. The van der Waals surface area contributed by atoms with Crippen molar-refractivity contribution in [2.75, 3.05) is 12.4 Å². The van der Waals surface area contributed by atoms with Crippen LogP contribution in [0.1, 0.15) is 40.6 Å². The molecule has 0 fully saturated rings.